The Morgan fingerprint density at radius 1 is 1.43 bits per heavy atom. The van der Waals surface area contributed by atoms with Crippen molar-refractivity contribution in [2.45, 2.75) is 38.3 Å². The normalized spacial score (nSPS) is 17.3. The fourth-order valence-corrected chi connectivity index (χ4v) is 3.00. The molecule has 110 valence electrons. The van der Waals surface area contributed by atoms with Crippen LogP contribution in [0.15, 0.2) is 36.7 Å². The average Bonchev–Trinajstić information content (AvgIpc) is 2.91. The standard InChI is InChI=1S/C16H18ClN3O/c17-13-10-18-20(11-13)9-8-16(21)19-15-7-3-5-12-4-1-2-6-14(12)15/h1-2,4,6,10-11,15H,3,5,7-9H2,(H,19,21). The van der Waals surface area contributed by atoms with Crippen LogP contribution >= 0.6 is 11.6 Å². The lowest BCUT2D eigenvalue weighted by Gasteiger charge is -2.26. The summed E-state index contributed by atoms with van der Waals surface area (Å²) in [5.74, 6) is 0.0586. The molecule has 1 aromatic heterocycles. The minimum absolute atomic E-state index is 0.0586. The minimum atomic E-state index is 0.0586. The van der Waals surface area contributed by atoms with Crippen LogP contribution in [0.2, 0.25) is 5.02 Å². The highest BCUT2D eigenvalue weighted by Crippen LogP contribution is 2.29. The molecule has 2 aromatic rings. The number of fused-ring (bicyclic) bond motifs is 1. The molecule has 0 radical (unpaired) electrons. The SMILES string of the molecule is O=C(CCn1cc(Cl)cn1)NC1CCCc2ccccc21. The van der Waals surface area contributed by atoms with E-state index < -0.39 is 0 Å². The number of nitrogens with one attached hydrogen (secondary N) is 1. The van der Waals surface area contributed by atoms with Gasteiger partial charge in [-0.3, -0.25) is 9.48 Å². The van der Waals surface area contributed by atoms with E-state index in [9.17, 15) is 4.79 Å². The highest BCUT2D eigenvalue weighted by molar-refractivity contribution is 6.30. The third-order valence-corrected chi connectivity index (χ3v) is 4.07. The van der Waals surface area contributed by atoms with Crippen LogP contribution in [0.5, 0.6) is 0 Å². The second-order valence-corrected chi connectivity index (χ2v) is 5.82. The lowest BCUT2D eigenvalue weighted by Crippen LogP contribution is -2.31. The van der Waals surface area contributed by atoms with Gasteiger partial charge in [-0.1, -0.05) is 35.9 Å². The van der Waals surface area contributed by atoms with Crippen molar-refractivity contribution in [3.8, 4) is 0 Å². The monoisotopic (exact) mass is 303 g/mol. The summed E-state index contributed by atoms with van der Waals surface area (Å²) in [6, 6.07) is 8.51. The summed E-state index contributed by atoms with van der Waals surface area (Å²) in [5, 5.41) is 7.81. The number of carbonyl (C=O) groups excluding carboxylic acids is 1. The second kappa shape index (κ2) is 6.31. The van der Waals surface area contributed by atoms with Crippen molar-refractivity contribution in [3.63, 3.8) is 0 Å². The van der Waals surface area contributed by atoms with Crippen molar-refractivity contribution in [1.29, 1.82) is 0 Å². The molecule has 5 heteroatoms. The topological polar surface area (TPSA) is 46.9 Å². The number of amides is 1. The fourth-order valence-electron chi connectivity index (χ4n) is 2.85. The van der Waals surface area contributed by atoms with Crippen molar-refractivity contribution in [2.75, 3.05) is 0 Å². The van der Waals surface area contributed by atoms with Crippen LogP contribution in [-0.4, -0.2) is 15.7 Å². The van der Waals surface area contributed by atoms with Crippen LogP contribution in [0.25, 0.3) is 0 Å². The zero-order valence-electron chi connectivity index (χ0n) is 11.8. The summed E-state index contributed by atoms with van der Waals surface area (Å²) in [5.41, 5.74) is 2.62. The number of benzene rings is 1. The van der Waals surface area contributed by atoms with Crippen molar-refractivity contribution in [1.82, 2.24) is 15.1 Å². The zero-order chi connectivity index (χ0) is 14.7. The van der Waals surface area contributed by atoms with Gasteiger partial charge in [0.05, 0.1) is 17.3 Å². The van der Waals surface area contributed by atoms with Gasteiger partial charge < -0.3 is 5.32 Å². The molecular weight excluding hydrogens is 286 g/mol. The Balaban J connectivity index is 1.58. The molecule has 1 unspecified atom stereocenters. The van der Waals surface area contributed by atoms with Gasteiger partial charge in [-0.25, -0.2) is 0 Å². The first-order valence-electron chi connectivity index (χ1n) is 7.27. The molecule has 1 atom stereocenters. The smallest absolute Gasteiger partial charge is 0.222 e. The number of carbonyl (C=O) groups is 1. The fraction of sp³-hybridized carbons (Fsp3) is 0.375. The molecule has 1 aliphatic rings. The number of hydrogen-bond acceptors (Lipinski definition) is 2. The van der Waals surface area contributed by atoms with Crippen LogP contribution in [-0.2, 0) is 17.8 Å². The Kier molecular flexibility index (Phi) is 4.25. The zero-order valence-corrected chi connectivity index (χ0v) is 12.5. The molecule has 1 amide bonds. The van der Waals surface area contributed by atoms with E-state index >= 15 is 0 Å². The summed E-state index contributed by atoms with van der Waals surface area (Å²) >= 11 is 5.80. The van der Waals surface area contributed by atoms with Gasteiger partial charge in [0.2, 0.25) is 5.91 Å². The van der Waals surface area contributed by atoms with E-state index in [1.54, 1.807) is 17.1 Å². The first kappa shape index (κ1) is 14.1. The van der Waals surface area contributed by atoms with Gasteiger partial charge in [0.25, 0.3) is 0 Å². The predicted octanol–water partition coefficient (Wildman–Crippen LogP) is 3.12. The minimum Gasteiger partial charge on any atom is -0.349 e. The molecule has 0 spiro atoms. The number of halogens is 1. The number of rotatable bonds is 4. The Labute approximate surface area is 129 Å². The molecule has 0 aliphatic heterocycles. The summed E-state index contributed by atoms with van der Waals surface area (Å²) < 4.78 is 1.69. The van der Waals surface area contributed by atoms with E-state index in [1.165, 1.54) is 11.1 Å². The largest absolute Gasteiger partial charge is 0.349 e. The van der Waals surface area contributed by atoms with Crippen molar-refractivity contribution in [3.05, 3.63) is 52.8 Å². The van der Waals surface area contributed by atoms with E-state index in [1.807, 2.05) is 6.07 Å². The summed E-state index contributed by atoms with van der Waals surface area (Å²) in [7, 11) is 0. The molecule has 3 rings (SSSR count). The third kappa shape index (κ3) is 3.45. The lowest BCUT2D eigenvalue weighted by atomic mass is 9.88. The lowest BCUT2D eigenvalue weighted by molar-refractivity contribution is -0.122. The van der Waals surface area contributed by atoms with E-state index in [2.05, 4.69) is 28.6 Å². The van der Waals surface area contributed by atoms with Crippen molar-refractivity contribution in [2.24, 2.45) is 0 Å². The Hall–Kier alpha value is -1.81. The summed E-state index contributed by atoms with van der Waals surface area (Å²) in [6.07, 6.45) is 6.96. The second-order valence-electron chi connectivity index (χ2n) is 5.38. The van der Waals surface area contributed by atoms with E-state index in [-0.39, 0.29) is 11.9 Å². The summed E-state index contributed by atoms with van der Waals surface area (Å²) in [4.78, 5) is 12.1. The maximum absolute atomic E-state index is 12.1. The molecule has 0 bridgehead atoms. The molecule has 4 nitrogen and oxygen atoms in total. The molecule has 1 N–H and O–H groups in total. The molecule has 1 aliphatic carbocycles. The first-order chi connectivity index (χ1) is 10.2. The average molecular weight is 304 g/mol. The Morgan fingerprint density at radius 3 is 3.10 bits per heavy atom. The van der Waals surface area contributed by atoms with Crippen molar-refractivity contribution < 1.29 is 4.79 Å². The molecule has 21 heavy (non-hydrogen) atoms. The molecule has 0 saturated carbocycles. The van der Waals surface area contributed by atoms with Gasteiger partial charge in [-0.15, -0.1) is 0 Å². The quantitative estimate of drug-likeness (QED) is 0.943. The van der Waals surface area contributed by atoms with Crippen LogP contribution < -0.4 is 5.32 Å². The molecule has 1 aromatic carbocycles. The third-order valence-electron chi connectivity index (χ3n) is 3.87. The van der Waals surface area contributed by atoms with E-state index in [0.717, 1.165) is 19.3 Å². The van der Waals surface area contributed by atoms with Gasteiger partial charge in [0, 0.05) is 19.2 Å². The molecular formula is C16H18ClN3O. The number of hydrogen-bond donors (Lipinski definition) is 1. The van der Waals surface area contributed by atoms with Crippen LogP contribution in [0.1, 0.15) is 36.4 Å². The van der Waals surface area contributed by atoms with Gasteiger partial charge in [-0.05, 0) is 30.4 Å². The van der Waals surface area contributed by atoms with Crippen LogP contribution in [0.3, 0.4) is 0 Å². The highest BCUT2D eigenvalue weighted by Gasteiger charge is 2.21. The Bertz CT molecular complexity index is 638. The maximum atomic E-state index is 12.1. The highest BCUT2D eigenvalue weighted by atomic mass is 35.5. The van der Waals surface area contributed by atoms with E-state index in [4.69, 9.17) is 11.6 Å². The predicted molar refractivity (Wildman–Crippen MR) is 82.1 cm³/mol. The molecule has 1 heterocycles. The van der Waals surface area contributed by atoms with Gasteiger partial charge in [0.1, 0.15) is 0 Å². The molecule has 0 saturated heterocycles. The van der Waals surface area contributed by atoms with Crippen molar-refractivity contribution >= 4 is 17.5 Å². The van der Waals surface area contributed by atoms with Gasteiger partial charge >= 0.3 is 0 Å². The number of aromatic nitrogens is 2. The van der Waals surface area contributed by atoms with Gasteiger partial charge in [-0.2, -0.15) is 5.10 Å². The summed E-state index contributed by atoms with van der Waals surface area (Å²) in [6.45, 7) is 0.549. The molecule has 0 fully saturated rings. The number of aryl methyl sites for hydroxylation is 2. The van der Waals surface area contributed by atoms with Crippen LogP contribution in [0, 0.1) is 0 Å². The van der Waals surface area contributed by atoms with Gasteiger partial charge in [0.15, 0.2) is 0 Å². The Morgan fingerprint density at radius 2 is 2.29 bits per heavy atom. The van der Waals surface area contributed by atoms with E-state index in [0.29, 0.717) is 18.0 Å². The maximum Gasteiger partial charge on any atom is 0.222 e. The van der Waals surface area contributed by atoms with Crippen LogP contribution in [0.4, 0.5) is 0 Å². The first-order valence-corrected chi connectivity index (χ1v) is 7.65. The number of nitrogens with zero attached hydrogens (tertiary/aromatic N) is 2.